The summed E-state index contributed by atoms with van der Waals surface area (Å²) in [6, 6.07) is 14.3. The minimum Gasteiger partial charge on any atom is -0.493 e. The van der Waals surface area contributed by atoms with E-state index in [0.717, 1.165) is 10.2 Å². The van der Waals surface area contributed by atoms with Gasteiger partial charge in [-0.25, -0.2) is 4.79 Å². The third-order valence-corrected chi connectivity index (χ3v) is 7.15. The minimum atomic E-state index is -0.671. The molecule has 1 heterocycles. The van der Waals surface area contributed by atoms with Crippen molar-refractivity contribution in [2.24, 2.45) is 5.10 Å². The first-order valence-corrected chi connectivity index (χ1v) is 11.6. The molecule has 0 radical (unpaired) electrons. The molecule has 1 aromatic heterocycles. The molecular formula is C23H16Br2N4O6. The molecule has 35 heavy (non-hydrogen) atoms. The molecule has 4 aromatic rings. The molecule has 0 amide bonds. The largest absolute Gasteiger partial charge is 0.493 e. The van der Waals surface area contributed by atoms with Gasteiger partial charge in [0.05, 0.1) is 33.6 Å². The molecule has 178 valence electrons. The SMILES string of the molecule is COc1cc(C=Nn2c(=O)[nH]c3ccccc3c2=O)c(Br)c(Br)c1OCc1ccc([N+](=O)[O-])cc1. The Kier molecular flexibility index (Phi) is 7.12. The predicted molar refractivity (Wildman–Crippen MR) is 138 cm³/mol. The zero-order chi connectivity index (χ0) is 25.1. The number of aromatic nitrogens is 2. The Bertz CT molecular complexity index is 1580. The maximum Gasteiger partial charge on any atom is 0.349 e. The summed E-state index contributed by atoms with van der Waals surface area (Å²) in [5, 5.41) is 15.2. The van der Waals surface area contributed by atoms with Gasteiger partial charge in [-0.3, -0.25) is 14.9 Å². The Morgan fingerprint density at radius 3 is 2.51 bits per heavy atom. The molecule has 0 saturated heterocycles. The molecule has 0 fully saturated rings. The fourth-order valence-electron chi connectivity index (χ4n) is 3.23. The second kappa shape index (κ2) is 10.2. The van der Waals surface area contributed by atoms with E-state index in [-0.39, 0.29) is 12.3 Å². The molecule has 1 N–H and O–H groups in total. The molecular weight excluding hydrogens is 588 g/mol. The fourth-order valence-corrected chi connectivity index (χ4v) is 4.17. The molecule has 10 nitrogen and oxygen atoms in total. The smallest absolute Gasteiger partial charge is 0.349 e. The highest BCUT2D eigenvalue weighted by molar-refractivity contribution is 9.13. The van der Waals surface area contributed by atoms with Gasteiger partial charge in [0.2, 0.25) is 0 Å². The Balaban J connectivity index is 1.64. The minimum absolute atomic E-state index is 0.0109. The topological polar surface area (TPSA) is 129 Å². The summed E-state index contributed by atoms with van der Waals surface area (Å²) in [6.45, 7) is 0.134. The molecule has 0 aliphatic heterocycles. The van der Waals surface area contributed by atoms with Gasteiger partial charge in [-0.2, -0.15) is 5.10 Å². The number of nitrogens with one attached hydrogen (secondary N) is 1. The number of fused-ring (bicyclic) bond motifs is 1. The molecule has 0 atom stereocenters. The van der Waals surface area contributed by atoms with Gasteiger partial charge in [-0.15, -0.1) is 4.68 Å². The van der Waals surface area contributed by atoms with Gasteiger partial charge in [0.25, 0.3) is 11.2 Å². The summed E-state index contributed by atoms with van der Waals surface area (Å²) < 4.78 is 13.2. The lowest BCUT2D eigenvalue weighted by atomic mass is 10.2. The molecule has 0 spiro atoms. The van der Waals surface area contributed by atoms with Gasteiger partial charge in [-0.05, 0) is 67.8 Å². The lowest BCUT2D eigenvalue weighted by Crippen LogP contribution is -2.32. The second-order valence-electron chi connectivity index (χ2n) is 7.17. The van der Waals surface area contributed by atoms with Gasteiger partial charge in [0.15, 0.2) is 11.5 Å². The maximum absolute atomic E-state index is 12.7. The van der Waals surface area contributed by atoms with Crippen LogP contribution in [0.3, 0.4) is 0 Å². The number of hydrogen-bond donors (Lipinski definition) is 1. The Labute approximate surface area is 214 Å². The molecule has 0 saturated carbocycles. The number of aromatic amines is 1. The molecule has 3 aromatic carbocycles. The van der Waals surface area contributed by atoms with Crippen LogP contribution in [0.5, 0.6) is 11.5 Å². The van der Waals surface area contributed by atoms with Crippen molar-refractivity contribution in [1.82, 2.24) is 9.66 Å². The number of methoxy groups -OCH3 is 1. The maximum atomic E-state index is 12.7. The van der Waals surface area contributed by atoms with Crippen molar-refractivity contribution in [3.63, 3.8) is 0 Å². The van der Waals surface area contributed by atoms with Crippen molar-refractivity contribution < 1.29 is 14.4 Å². The van der Waals surface area contributed by atoms with Crippen molar-refractivity contribution in [3.8, 4) is 11.5 Å². The average Bonchev–Trinajstić information content (AvgIpc) is 2.85. The molecule has 12 heteroatoms. The molecule has 4 rings (SSSR count). The molecule has 0 aliphatic rings. The quantitative estimate of drug-likeness (QED) is 0.187. The summed E-state index contributed by atoms with van der Waals surface area (Å²) in [5.74, 6) is 0.749. The summed E-state index contributed by atoms with van der Waals surface area (Å²) >= 11 is 6.95. The highest BCUT2D eigenvalue weighted by atomic mass is 79.9. The van der Waals surface area contributed by atoms with E-state index >= 15 is 0 Å². The third-order valence-electron chi connectivity index (χ3n) is 5.00. The van der Waals surface area contributed by atoms with Crippen molar-refractivity contribution in [1.29, 1.82) is 0 Å². The standard InChI is InChI=1S/C23H16Br2N4O6/c1-34-18-10-14(11-26-28-22(30)16-4-2-3-5-17(16)27-23(28)31)19(24)20(25)21(18)35-12-13-6-8-15(9-7-13)29(32)33/h2-11H,12H2,1H3,(H,27,31). The van der Waals surface area contributed by atoms with Crippen LogP contribution in [0, 0.1) is 10.1 Å². The number of ether oxygens (including phenoxy) is 2. The van der Waals surface area contributed by atoms with Crippen molar-refractivity contribution in [2.45, 2.75) is 6.61 Å². The van der Waals surface area contributed by atoms with E-state index in [1.807, 2.05) is 0 Å². The second-order valence-corrected chi connectivity index (χ2v) is 8.76. The highest BCUT2D eigenvalue weighted by Crippen LogP contribution is 2.42. The summed E-state index contributed by atoms with van der Waals surface area (Å²) in [6.07, 6.45) is 1.35. The summed E-state index contributed by atoms with van der Waals surface area (Å²) in [5.41, 5.74) is 0.426. The molecule has 0 bridgehead atoms. The Hall–Kier alpha value is -3.77. The summed E-state index contributed by atoms with van der Waals surface area (Å²) in [7, 11) is 1.47. The van der Waals surface area contributed by atoms with Gasteiger partial charge in [0.1, 0.15) is 6.61 Å². The van der Waals surface area contributed by atoms with E-state index in [1.165, 1.54) is 25.5 Å². The van der Waals surface area contributed by atoms with Crippen LogP contribution < -0.4 is 20.7 Å². The van der Waals surface area contributed by atoms with E-state index in [1.54, 1.807) is 42.5 Å². The number of H-pyrrole nitrogens is 1. The number of non-ortho nitro benzene ring substituents is 1. The monoisotopic (exact) mass is 602 g/mol. The Morgan fingerprint density at radius 1 is 1.11 bits per heavy atom. The predicted octanol–water partition coefficient (Wildman–Crippen LogP) is 4.59. The van der Waals surface area contributed by atoms with Crippen LogP contribution >= 0.6 is 31.9 Å². The average molecular weight is 604 g/mol. The van der Waals surface area contributed by atoms with E-state index in [2.05, 4.69) is 41.9 Å². The number of benzene rings is 3. The first-order chi connectivity index (χ1) is 16.8. The summed E-state index contributed by atoms with van der Waals surface area (Å²) in [4.78, 5) is 38.1. The first kappa shape index (κ1) is 24.4. The van der Waals surface area contributed by atoms with Crippen molar-refractivity contribution in [3.05, 3.63) is 106 Å². The lowest BCUT2D eigenvalue weighted by Gasteiger charge is -2.15. The van der Waals surface area contributed by atoms with Crippen molar-refractivity contribution in [2.75, 3.05) is 7.11 Å². The lowest BCUT2D eigenvalue weighted by molar-refractivity contribution is -0.384. The third kappa shape index (κ3) is 5.03. The van der Waals surface area contributed by atoms with Crippen LogP contribution in [-0.4, -0.2) is 27.9 Å². The number of nitro groups is 1. The van der Waals surface area contributed by atoms with Crippen LogP contribution in [-0.2, 0) is 6.61 Å². The van der Waals surface area contributed by atoms with E-state index < -0.39 is 16.2 Å². The Morgan fingerprint density at radius 2 is 1.83 bits per heavy atom. The highest BCUT2D eigenvalue weighted by Gasteiger charge is 2.17. The number of nitro benzene ring substituents is 1. The number of halogens is 2. The van der Waals surface area contributed by atoms with E-state index in [9.17, 15) is 19.7 Å². The van der Waals surface area contributed by atoms with Crippen LogP contribution in [0.25, 0.3) is 10.9 Å². The first-order valence-electron chi connectivity index (χ1n) is 10.0. The van der Waals surface area contributed by atoms with Crippen LogP contribution in [0.1, 0.15) is 11.1 Å². The van der Waals surface area contributed by atoms with Crippen molar-refractivity contribution >= 4 is 54.7 Å². The number of rotatable bonds is 7. The zero-order valence-corrected chi connectivity index (χ0v) is 21.2. The normalized spacial score (nSPS) is 11.2. The molecule has 0 aliphatic carbocycles. The van der Waals surface area contributed by atoms with Gasteiger partial charge >= 0.3 is 5.69 Å². The number of hydrogen-bond acceptors (Lipinski definition) is 7. The van der Waals surface area contributed by atoms with E-state index in [4.69, 9.17) is 9.47 Å². The van der Waals surface area contributed by atoms with Crippen LogP contribution in [0.4, 0.5) is 5.69 Å². The molecule has 0 unspecified atom stereocenters. The van der Waals surface area contributed by atoms with Gasteiger partial charge in [0, 0.05) is 22.2 Å². The zero-order valence-electron chi connectivity index (χ0n) is 18.0. The number of nitrogens with zero attached hydrogens (tertiary/aromatic N) is 3. The van der Waals surface area contributed by atoms with Gasteiger partial charge < -0.3 is 14.5 Å². The van der Waals surface area contributed by atoms with Crippen LogP contribution in [0.2, 0.25) is 0 Å². The van der Waals surface area contributed by atoms with E-state index in [0.29, 0.717) is 36.9 Å². The van der Waals surface area contributed by atoms with Gasteiger partial charge in [-0.1, -0.05) is 12.1 Å². The number of para-hydroxylation sites is 1. The van der Waals surface area contributed by atoms with Crippen LogP contribution in [0.15, 0.2) is 78.2 Å². The fraction of sp³-hybridized carbons (Fsp3) is 0.0870.